The number of benzene rings is 1. The molecule has 2 N–H and O–H groups in total. The van der Waals surface area contributed by atoms with Crippen LogP contribution in [0.1, 0.15) is 37.9 Å². The monoisotopic (exact) mass is 379 g/mol. The highest BCUT2D eigenvalue weighted by Crippen LogP contribution is 2.45. The van der Waals surface area contributed by atoms with Crippen molar-refractivity contribution in [3.8, 4) is 5.75 Å². The van der Waals surface area contributed by atoms with Gasteiger partial charge in [-0.15, -0.1) is 24.8 Å². The summed E-state index contributed by atoms with van der Waals surface area (Å²) in [5, 5.41) is 25.1. The fourth-order valence-corrected chi connectivity index (χ4v) is 3.30. The molecule has 24 heavy (non-hydrogen) atoms. The first-order valence-electron chi connectivity index (χ1n) is 7.65. The first-order valence-corrected chi connectivity index (χ1v) is 7.65. The van der Waals surface area contributed by atoms with E-state index in [1.54, 1.807) is 13.0 Å². The molecule has 0 aromatic heterocycles. The lowest BCUT2D eigenvalue weighted by Crippen LogP contribution is -2.48. The zero-order chi connectivity index (χ0) is 16.5. The lowest BCUT2D eigenvalue weighted by molar-refractivity contribution is -0.386. The summed E-state index contributed by atoms with van der Waals surface area (Å²) in [4.78, 5) is 13.1. The van der Waals surface area contributed by atoms with Gasteiger partial charge in [0.2, 0.25) is 0 Å². The molecule has 0 spiro atoms. The molecule has 0 radical (unpaired) electrons. The molecule has 0 bridgehead atoms. The Hall–Kier alpha value is -1.08. The molecule has 2 rings (SSSR count). The number of halogens is 2. The highest BCUT2D eigenvalue weighted by atomic mass is 35.5. The third kappa shape index (κ3) is 4.72. The Bertz CT molecular complexity index is 570. The number of aromatic hydroxyl groups is 1. The zero-order valence-electron chi connectivity index (χ0n) is 14.5. The van der Waals surface area contributed by atoms with Crippen LogP contribution in [0.15, 0.2) is 12.1 Å². The largest absolute Gasteiger partial charge is 0.502 e. The molecule has 1 atom stereocenters. The molecule has 8 heteroatoms. The van der Waals surface area contributed by atoms with Crippen LogP contribution >= 0.6 is 24.8 Å². The van der Waals surface area contributed by atoms with E-state index in [1.165, 1.54) is 0 Å². The zero-order valence-corrected chi connectivity index (χ0v) is 16.2. The predicted molar refractivity (Wildman–Crippen MR) is 101 cm³/mol. The molecule has 0 saturated carbocycles. The second-order valence-corrected chi connectivity index (χ2v) is 6.98. The van der Waals surface area contributed by atoms with Crippen LogP contribution in [0.5, 0.6) is 5.75 Å². The fraction of sp³-hybridized carbons (Fsp3) is 0.625. The van der Waals surface area contributed by atoms with Crippen LogP contribution in [0, 0.1) is 22.5 Å². The second kappa shape index (κ2) is 8.85. The lowest BCUT2D eigenvalue weighted by Gasteiger charge is -2.42. The van der Waals surface area contributed by atoms with E-state index in [0.29, 0.717) is 11.1 Å². The molecule has 1 aliphatic heterocycles. The van der Waals surface area contributed by atoms with Crippen molar-refractivity contribution in [2.24, 2.45) is 5.41 Å². The topological polar surface area (TPSA) is 78.6 Å². The Balaban J connectivity index is 0.00000264. The molecule has 1 fully saturated rings. The number of piperazine rings is 1. The maximum atomic E-state index is 11.3. The minimum atomic E-state index is -0.494. The number of nitro groups is 1. The molecule has 1 aromatic rings. The van der Waals surface area contributed by atoms with Gasteiger partial charge in [-0.05, 0) is 12.3 Å². The van der Waals surface area contributed by atoms with E-state index in [4.69, 9.17) is 0 Å². The molecule has 0 amide bonds. The Morgan fingerprint density at radius 3 is 2.25 bits per heavy atom. The van der Waals surface area contributed by atoms with Crippen LogP contribution in [0.2, 0.25) is 0 Å². The molecule has 0 aliphatic carbocycles. The first kappa shape index (κ1) is 22.9. The predicted octanol–water partition coefficient (Wildman–Crippen LogP) is 3.44. The van der Waals surface area contributed by atoms with Crippen molar-refractivity contribution in [1.29, 1.82) is 0 Å². The highest BCUT2D eigenvalue weighted by Gasteiger charge is 2.36. The Labute approximate surface area is 155 Å². The molecule has 138 valence electrons. The van der Waals surface area contributed by atoms with Gasteiger partial charge in [0, 0.05) is 43.3 Å². The van der Waals surface area contributed by atoms with Crippen LogP contribution in [-0.4, -0.2) is 41.1 Å². The van der Waals surface area contributed by atoms with Crippen LogP contribution in [-0.2, 0) is 0 Å². The molecule has 1 aromatic carbocycles. The van der Waals surface area contributed by atoms with E-state index in [0.717, 1.165) is 26.2 Å². The van der Waals surface area contributed by atoms with Gasteiger partial charge in [-0.3, -0.25) is 15.0 Å². The summed E-state index contributed by atoms with van der Waals surface area (Å²) in [5.41, 5.74) is 0.811. The average Bonchev–Trinajstić information content (AvgIpc) is 2.41. The van der Waals surface area contributed by atoms with E-state index in [1.807, 2.05) is 6.07 Å². The molecule has 0 unspecified atom stereocenters. The van der Waals surface area contributed by atoms with Gasteiger partial charge >= 0.3 is 5.69 Å². The van der Waals surface area contributed by atoms with Crippen LogP contribution < -0.4 is 5.32 Å². The molecule has 1 aliphatic rings. The maximum Gasteiger partial charge on any atom is 0.313 e. The highest BCUT2D eigenvalue weighted by molar-refractivity contribution is 5.85. The van der Waals surface area contributed by atoms with Crippen molar-refractivity contribution in [2.75, 3.05) is 26.2 Å². The van der Waals surface area contributed by atoms with Crippen molar-refractivity contribution in [3.05, 3.63) is 33.4 Å². The quantitative estimate of drug-likeness (QED) is 0.620. The van der Waals surface area contributed by atoms with Crippen molar-refractivity contribution in [1.82, 2.24) is 10.2 Å². The summed E-state index contributed by atoms with van der Waals surface area (Å²) in [6.07, 6.45) is 0. The molecule has 1 saturated heterocycles. The number of nitrogens with one attached hydrogen (secondary N) is 1. The number of phenolic OH excluding ortho intramolecular Hbond substituents is 1. The van der Waals surface area contributed by atoms with Crippen molar-refractivity contribution in [3.63, 3.8) is 0 Å². The van der Waals surface area contributed by atoms with Crippen molar-refractivity contribution >= 4 is 30.5 Å². The third-order valence-electron chi connectivity index (χ3n) is 4.20. The van der Waals surface area contributed by atoms with E-state index in [2.05, 4.69) is 31.0 Å². The van der Waals surface area contributed by atoms with Gasteiger partial charge in [0.05, 0.1) is 4.92 Å². The number of hydrogen-bond donors (Lipinski definition) is 2. The van der Waals surface area contributed by atoms with Gasteiger partial charge in [-0.25, -0.2) is 0 Å². The summed E-state index contributed by atoms with van der Waals surface area (Å²) in [7, 11) is 0. The maximum absolute atomic E-state index is 11.3. The minimum absolute atomic E-state index is 0. The van der Waals surface area contributed by atoms with Gasteiger partial charge in [0.25, 0.3) is 0 Å². The number of nitro benzene ring substituents is 1. The van der Waals surface area contributed by atoms with E-state index >= 15 is 0 Å². The summed E-state index contributed by atoms with van der Waals surface area (Å²) in [5.74, 6) is -0.191. The Kier molecular flexibility index (Phi) is 8.45. The van der Waals surface area contributed by atoms with Gasteiger partial charge in [-0.1, -0.05) is 32.9 Å². The SMILES string of the molecule is Cc1ccc([C@@H](N2CCNCC2)C(C)(C)C)c(O)c1[N+](=O)[O-].Cl.Cl. The Morgan fingerprint density at radius 1 is 1.25 bits per heavy atom. The smallest absolute Gasteiger partial charge is 0.313 e. The van der Waals surface area contributed by atoms with Gasteiger partial charge in [0.15, 0.2) is 5.75 Å². The van der Waals surface area contributed by atoms with Gasteiger partial charge in [0.1, 0.15) is 0 Å². The lowest BCUT2D eigenvalue weighted by atomic mass is 9.80. The summed E-state index contributed by atoms with van der Waals surface area (Å²) < 4.78 is 0. The van der Waals surface area contributed by atoms with Crippen LogP contribution in [0.4, 0.5) is 5.69 Å². The van der Waals surface area contributed by atoms with Crippen LogP contribution in [0.3, 0.4) is 0 Å². The van der Waals surface area contributed by atoms with E-state index in [9.17, 15) is 15.2 Å². The normalized spacial score (nSPS) is 16.7. The number of nitrogens with zero attached hydrogens (tertiary/aromatic N) is 2. The average molecular weight is 380 g/mol. The molecule has 6 nitrogen and oxygen atoms in total. The standard InChI is InChI=1S/C16H25N3O3.2ClH/c1-11-5-6-12(14(20)13(11)19(21)22)15(16(2,3)4)18-9-7-17-8-10-18;;/h5-6,15,17,20H,7-10H2,1-4H3;2*1H/t15-;;/m1../s1. The van der Waals surface area contributed by atoms with Crippen LogP contribution in [0.25, 0.3) is 0 Å². The van der Waals surface area contributed by atoms with Crippen molar-refractivity contribution in [2.45, 2.75) is 33.7 Å². The van der Waals surface area contributed by atoms with Gasteiger partial charge in [-0.2, -0.15) is 0 Å². The molecule has 1 heterocycles. The minimum Gasteiger partial charge on any atom is -0.502 e. The summed E-state index contributed by atoms with van der Waals surface area (Å²) in [6.45, 7) is 11.5. The van der Waals surface area contributed by atoms with Gasteiger partial charge < -0.3 is 10.4 Å². The number of phenols is 1. The summed E-state index contributed by atoms with van der Waals surface area (Å²) >= 11 is 0. The number of aryl methyl sites for hydroxylation is 1. The van der Waals surface area contributed by atoms with Crippen molar-refractivity contribution < 1.29 is 10.0 Å². The van der Waals surface area contributed by atoms with E-state index in [-0.39, 0.29) is 47.7 Å². The summed E-state index contributed by atoms with van der Waals surface area (Å²) in [6, 6.07) is 3.50. The first-order chi connectivity index (χ1) is 10.2. The molecular weight excluding hydrogens is 353 g/mol. The number of hydrogen-bond acceptors (Lipinski definition) is 5. The Morgan fingerprint density at radius 2 is 1.79 bits per heavy atom. The number of rotatable bonds is 3. The third-order valence-corrected chi connectivity index (χ3v) is 4.20. The second-order valence-electron chi connectivity index (χ2n) is 6.98. The van der Waals surface area contributed by atoms with E-state index < -0.39 is 4.92 Å². The fourth-order valence-electron chi connectivity index (χ4n) is 3.30. The molecular formula is C16H27Cl2N3O3.